The molecule has 12 nitrogen and oxygen atoms in total. The van der Waals surface area contributed by atoms with Gasteiger partial charge >= 0.3 is 0 Å². The van der Waals surface area contributed by atoms with E-state index in [1.54, 1.807) is 54.8 Å². The van der Waals surface area contributed by atoms with Gasteiger partial charge in [0.05, 0.1) is 11.4 Å². The predicted octanol–water partition coefficient (Wildman–Crippen LogP) is 0.865. The van der Waals surface area contributed by atoms with Gasteiger partial charge in [0.25, 0.3) is 17.7 Å². The molecular weight excluding hydrogens is 438 g/mol. The predicted molar refractivity (Wildman–Crippen MR) is 130 cm³/mol. The van der Waals surface area contributed by atoms with Crippen molar-refractivity contribution in [2.75, 3.05) is 43.6 Å². The molecule has 0 aliphatic rings. The summed E-state index contributed by atoms with van der Waals surface area (Å²) in [7, 11) is 9.05. The van der Waals surface area contributed by atoms with Gasteiger partial charge in [0.1, 0.15) is 11.4 Å². The van der Waals surface area contributed by atoms with E-state index in [0.29, 0.717) is 29.3 Å². The minimum Gasteiger partial charge on any atom is -0.397 e. The van der Waals surface area contributed by atoms with Crippen molar-refractivity contribution in [3.8, 4) is 0 Å². The highest BCUT2D eigenvalue weighted by atomic mass is 16.2. The molecule has 3 heterocycles. The lowest BCUT2D eigenvalue weighted by Gasteiger charge is -2.10. The van der Waals surface area contributed by atoms with Gasteiger partial charge in [-0.05, 0) is 39.2 Å². The largest absolute Gasteiger partial charge is 0.397 e. The highest BCUT2D eigenvalue weighted by molar-refractivity contribution is 6.05. The first kappa shape index (κ1) is 24.6. The van der Waals surface area contributed by atoms with Crippen molar-refractivity contribution in [1.29, 1.82) is 0 Å². The second-order valence-corrected chi connectivity index (χ2v) is 8.38. The molecule has 3 aromatic rings. The Morgan fingerprint density at radius 2 is 1.59 bits per heavy atom. The van der Waals surface area contributed by atoms with Crippen LogP contribution < -0.4 is 21.7 Å². The monoisotopic (exact) mass is 469 g/mol. The van der Waals surface area contributed by atoms with E-state index in [2.05, 4.69) is 20.9 Å². The summed E-state index contributed by atoms with van der Waals surface area (Å²) >= 11 is 0. The number of amides is 3. The van der Waals surface area contributed by atoms with Gasteiger partial charge in [0.15, 0.2) is 5.82 Å². The van der Waals surface area contributed by atoms with Crippen LogP contribution in [0.3, 0.4) is 0 Å². The van der Waals surface area contributed by atoms with Crippen molar-refractivity contribution in [3.05, 3.63) is 47.9 Å². The van der Waals surface area contributed by atoms with Gasteiger partial charge in [-0.3, -0.25) is 14.4 Å². The topological polar surface area (TPSA) is 144 Å². The summed E-state index contributed by atoms with van der Waals surface area (Å²) in [6.45, 7) is 1.43. The highest BCUT2D eigenvalue weighted by Gasteiger charge is 2.19. The molecule has 0 fully saturated rings. The molecule has 0 unspecified atom stereocenters. The van der Waals surface area contributed by atoms with Crippen LogP contribution in [-0.2, 0) is 21.1 Å². The van der Waals surface area contributed by atoms with Crippen molar-refractivity contribution >= 4 is 34.9 Å². The Morgan fingerprint density at radius 3 is 2.24 bits per heavy atom. The number of carbonyl (C=O) groups is 3. The van der Waals surface area contributed by atoms with Gasteiger partial charge in [-0.15, -0.1) is 0 Å². The zero-order valence-corrected chi connectivity index (χ0v) is 20.0. The minimum absolute atomic E-state index is 0.0974. The molecule has 3 rings (SSSR count). The molecule has 182 valence electrons. The fourth-order valence-electron chi connectivity index (χ4n) is 3.47. The highest BCUT2D eigenvalue weighted by Crippen LogP contribution is 2.16. The number of nitrogens with two attached hydrogens (primary N) is 1. The normalized spacial score (nSPS) is 11.0. The van der Waals surface area contributed by atoms with Crippen LogP contribution in [0.15, 0.2) is 30.7 Å². The van der Waals surface area contributed by atoms with Crippen LogP contribution in [0.4, 0.5) is 17.2 Å². The summed E-state index contributed by atoms with van der Waals surface area (Å²) in [5.41, 5.74) is 7.44. The summed E-state index contributed by atoms with van der Waals surface area (Å²) in [5, 5.41) is 8.29. The molecule has 0 saturated heterocycles. The molecule has 12 heteroatoms. The molecule has 0 saturated carbocycles. The van der Waals surface area contributed by atoms with Gasteiger partial charge in [0.2, 0.25) is 5.82 Å². The Kier molecular flexibility index (Phi) is 7.41. The van der Waals surface area contributed by atoms with Crippen molar-refractivity contribution < 1.29 is 14.4 Å². The molecule has 5 N–H and O–H groups in total. The van der Waals surface area contributed by atoms with Crippen LogP contribution in [0.25, 0.3) is 0 Å². The number of hydrogen-bond acceptors (Lipinski definition) is 6. The molecule has 0 spiro atoms. The summed E-state index contributed by atoms with van der Waals surface area (Å²) in [5.74, 6) is -0.767. The molecule has 0 atom stereocenters. The maximum Gasteiger partial charge on any atom is 0.291 e. The second-order valence-electron chi connectivity index (χ2n) is 8.38. The van der Waals surface area contributed by atoms with Crippen molar-refractivity contribution in [3.63, 3.8) is 0 Å². The van der Waals surface area contributed by atoms with E-state index in [9.17, 15) is 14.4 Å². The summed E-state index contributed by atoms with van der Waals surface area (Å²) < 4.78 is 4.75. The number of aryl methyl sites for hydroxylation is 3. The van der Waals surface area contributed by atoms with E-state index in [4.69, 9.17) is 5.73 Å². The number of nitrogens with zero attached hydrogens (tertiary/aromatic N) is 5. The molecule has 0 radical (unpaired) electrons. The SMILES string of the molecule is CN(C)CCCNC(=O)c1cc(NC(=O)c2nc(NC(=O)c3cc(N)cn3C)cn2C)cn1C. The van der Waals surface area contributed by atoms with Crippen LogP contribution in [-0.4, -0.2) is 68.5 Å². The Bertz CT molecular complexity index is 1200. The van der Waals surface area contributed by atoms with Crippen LogP contribution in [0.2, 0.25) is 0 Å². The van der Waals surface area contributed by atoms with E-state index in [1.165, 1.54) is 10.8 Å². The summed E-state index contributed by atoms with van der Waals surface area (Å²) in [6, 6.07) is 3.15. The molecule has 0 aromatic carbocycles. The Morgan fingerprint density at radius 1 is 0.912 bits per heavy atom. The maximum atomic E-state index is 12.8. The van der Waals surface area contributed by atoms with Crippen molar-refractivity contribution in [1.82, 2.24) is 28.9 Å². The van der Waals surface area contributed by atoms with Crippen LogP contribution in [0.1, 0.15) is 38.0 Å². The van der Waals surface area contributed by atoms with Crippen molar-refractivity contribution in [2.45, 2.75) is 6.42 Å². The van der Waals surface area contributed by atoms with Crippen LogP contribution in [0.5, 0.6) is 0 Å². The van der Waals surface area contributed by atoms with Crippen LogP contribution >= 0.6 is 0 Å². The summed E-state index contributed by atoms with van der Waals surface area (Å²) in [4.78, 5) is 44.0. The third-order valence-electron chi connectivity index (χ3n) is 5.14. The molecule has 3 amide bonds. The van der Waals surface area contributed by atoms with Crippen molar-refractivity contribution in [2.24, 2.45) is 21.1 Å². The quantitative estimate of drug-likeness (QED) is 0.342. The lowest BCUT2D eigenvalue weighted by Crippen LogP contribution is -2.28. The van der Waals surface area contributed by atoms with Gasteiger partial charge in [0, 0.05) is 46.3 Å². The zero-order chi connectivity index (χ0) is 25.0. The average Bonchev–Trinajstić information content (AvgIpc) is 3.41. The molecule has 0 aliphatic carbocycles. The lowest BCUT2D eigenvalue weighted by molar-refractivity contribution is 0.0942. The number of aromatic nitrogens is 4. The first-order valence-electron chi connectivity index (χ1n) is 10.7. The number of rotatable bonds is 9. The Labute approximate surface area is 197 Å². The van der Waals surface area contributed by atoms with E-state index >= 15 is 0 Å². The van der Waals surface area contributed by atoms with Crippen LogP contribution in [0, 0.1) is 0 Å². The zero-order valence-electron chi connectivity index (χ0n) is 20.0. The number of hydrogen-bond donors (Lipinski definition) is 4. The van der Waals surface area contributed by atoms with Gasteiger partial charge < -0.3 is 40.3 Å². The van der Waals surface area contributed by atoms with Gasteiger partial charge in [-0.2, -0.15) is 0 Å². The average molecular weight is 470 g/mol. The molecular formula is C22H31N9O3. The fraction of sp³-hybridized carbons (Fsp3) is 0.364. The molecule has 34 heavy (non-hydrogen) atoms. The minimum atomic E-state index is -0.477. The number of nitrogens with one attached hydrogen (secondary N) is 3. The number of imidazole rings is 1. The van der Waals surface area contributed by atoms with E-state index in [-0.39, 0.29) is 17.5 Å². The Hall–Kier alpha value is -4.06. The maximum absolute atomic E-state index is 12.8. The molecule has 0 bridgehead atoms. The van der Waals surface area contributed by atoms with Gasteiger partial charge in [-0.1, -0.05) is 0 Å². The summed E-state index contributed by atoms with van der Waals surface area (Å²) in [6.07, 6.45) is 5.65. The van der Waals surface area contributed by atoms with E-state index in [1.807, 2.05) is 19.0 Å². The fourth-order valence-corrected chi connectivity index (χ4v) is 3.47. The van der Waals surface area contributed by atoms with E-state index < -0.39 is 11.8 Å². The van der Waals surface area contributed by atoms with E-state index in [0.717, 1.165) is 13.0 Å². The molecule has 0 aliphatic heterocycles. The first-order valence-corrected chi connectivity index (χ1v) is 10.7. The molecule has 3 aromatic heterocycles. The lowest BCUT2D eigenvalue weighted by atomic mass is 10.3. The number of anilines is 3. The third-order valence-corrected chi connectivity index (χ3v) is 5.14. The van der Waals surface area contributed by atoms with Gasteiger partial charge in [-0.25, -0.2) is 4.98 Å². The second kappa shape index (κ2) is 10.3. The standard InChI is InChI=1S/C22H31N9O3/c1-28(2)8-6-7-24-20(32)17-10-15(12-30(17)4)25-22(34)19-26-18(13-31(19)5)27-21(33)16-9-14(23)11-29(16)3/h9-13H,6-8,23H2,1-5H3,(H,24,32)(H,25,34)(H,27,33). The smallest absolute Gasteiger partial charge is 0.291 e. The Balaban J connectivity index is 1.63. The number of carbonyl (C=O) groups excluding carboxylic acids is 3. The third kappa shape index (κ3) is 5.84. The number of nitrogen functional groups attached to an aromatic ring is 1. The first-order chi connectivity index (χ1) is 16.0.